The highest BCUT2D eigenvalue weighted by Gasteiger charge is 2.17. The Morgan fingerprint density at radius 1 is 1.38 bits per heavy atom. The van der Waals surface area contributed by atoms with Crippen LogP contribution in [0.3, 0.4) is 0 Å². The molecule has 7 nitrogen and oxygen atoms in total. The van der Waals surface area contributed by atoms with Crippen molar-refractivity contribution in [2.75, 3.05) is 11.1 Å². The van der Waals surface area contributed by atoms with Gasteiger partial charge in [0.15, 0.2) is 5.69 Å². The molecule has 0 fully saturated rings. The van der Waals surface area contributed by atoms with Crippen molar-refractivity contribution >= 4 is 28.2 Å². The van der Waals surface area contributed by atoms with Gasteiger partial charge in [0.25, 0.3) is 5.91 Å². The molecule has 0 atom stereocenters. The summed E-state index contributed by atoms with van der Waals surface area (Å²) in [5.74, 6) is -0.334. The molecule has 0 saturated heterocycles. The Balaban J connectivity index is 1.88. The van der Waals surface area contributed by atoms with Crippen LogP contribution in [0.15, 0.2) is 24.4 Å². The lowest BCUT2D eigenvalue weighted by molar-refractivity contribution is 0.102. The quantitative estimate of drug-likeness (QED) is 0.587. The van der Waals surface area contributed by atoms with Crippen LogP contribution < -0.4 is 11.1 Å². The van der Waals surface area contributed by atoms with Crippen LogP contribution >= 0.6 is 0 Å². The van der Waals surface area contributed by atoms with Crippen molar-refractivity contribution in [3.05, 3.63) is 35.8 Å². The van der Waals surface area contributed by atoms with Crippen molar-refractivity contribution in [3.63, 3.8) is 0 Å². The number of fused-ring (bicyclic) bond motifs is 1. The normalized spacial score (nSPS) is 10.9. The third kappa shape index (κ3) is 2.33. The van der Waals surface area contributed by atoms with Crippen LogP contribution in [0.1, 0.15) is 29.5 Å². The summed E-state index contributed by atoms with van der Waals surface area (Å²) < 4.78 is 0. The molecule has 0 aliphatic heterocycles. The molecular weight excluding hydrogens is 268 g/mol. The van der Waals surface area contributed by atoms with Crippen LogP contribution in [0, 0.1) is 0 Å². The average Bonchev–Trinajstić information content (AvgIpc) is 3.08. The molecule has 3 aromatic rings. The number of hydrogen-bond acceptors (Lipinski definition) is 4. The number of nitrogens with zero attached hydrogens (tertiary/aromatic N) is 2. The second-order valence-corrected chi connectivity index (χ2v) is 4.81. The number of aromatic amines is 2. The van der Waals surface area contributed by atoms with E-state index in [0.717, 1.165) is 29.4 Å². The number of carbonyl (C=O) groups excluding carboxylic acids is 1. The first-order valence-corrected chi connectivity index (χ1v) is 6.77. The number of rotatable bonds is 4. The summed E-state index contributed by atoms with van der Waals surface area (Å²) >= 11 is 0. The van der Waals surface area contributed by atoms with E-state index in [0.29, 0.717) is 11.4 Å². The molecular formula is C14H16N6O. The molecule has 108 valence electrons. The Morgan fingerprint density at radius 2 is 2.24 bits per heavy atom. The maximum atomic E-state index is 12.3. The van der Waals surface area contributed by atoms with Gasteiger partial charge < -0.3 is 11.1 Å². The van der Waals surface area contributed by atoms with Gasteiger partial charge in [-0.2, -0.15) is 10.2 Å². The second kappa shape index (κ2) is 5.28. The molecule has 0 bridgehead atoms. The van der Waals surface area contributed by atoms with Crippen molar-refractivity contribution in [2.24, 2.45) is 0 Å². The fraction of sp³-hybridized carbons (Fsp3) is 0.214. The van der Waals surface area contributed by atoms with Crippen LogP contribution in [0.25, 0.3) is 10.9 Å². The van der Waals surface area contributed by atoms with Gasteiger partial charge in [0.1, 0.15) is 0 Å². The Bertz CT molecular complexity index is 788. The van der Waals surface area contributed by atoms with Gasteiger partial charge in [0.2, 0.25) is 0 Å². The van der Waals surface area contributed by atoms with E-state index >= 15 is 0 Å². The zero-order chi connectivity index (χ0) is 14.8. The lowest BCUT2D eigenvalue weighted by Gasteiger charge is -2.05. The summed E-state index contributed by atoms with van der Waals surface area (Å²) in [5, 5.41) is 17.3. The Hall–Kier alpha value is -2.83. The van der Waals surface area contributed by atoms with Crippen molar-refractivity contribution < 1.29 is 4.79 Å². The van der Waals surface area contributed by atoms with Crippen molar-refractivity contribution in [2.45, 2.75) is 19.8 Å². The van der Waals surface area contributed by atoms with E-state index in [1.54, 1.807) is 6.20 Å². The summed E-state index contributed by atoms with van der Waals surface area (Å²) in [6, 6.07) is 5.54. The van der Waals surface area contributed by atoms with Crippen LogP contribution in [-0.4, -0.2) is 26.3 Å². The van der Waals surface area contributed by atoms with Gasteiger partial charge in [-0.05, 0) is 18.6 Å². The molecule has 0 saturated carbocycles. The molecule has 1 amide bonds. The van der Waals surface area contributed by atoms with Crippen LogP contribution in [0.4, 0.5) is 11.4 Å². The van der Waals surface area contributed by atoms with Gasteiger partial charge in [0.05, 0.1) is 28.8 Å². The molecule has 0 aliphatic carbocycles. The van der Waals surface area contributed by atoms with Gasteiger partial charge in [-0.1, -0.05) is 19.4 Å². The third-order valence-corrected chi connectivity index (χ3v) is 3.33. The maximum Gasteiger partial charge on any atom is 0.278 e. The summed E-state index contributed by atoms with van der Waals surface area (Å²) in [7, 11) is 0. The summed E-state index contributed by atoms with van der Waals surface area (Å²) in [4.78, 5) is 12.3. The molecule has 2 heterocycles. The van der Waals surface area contributed by atoms with Gasteiger partial charge in [-0.3, -0.25) is 15.0 Å². The highest BCUT2D eigenvalue weighted by Crippen LogP contribution is 2.23. The van der Waals surface area contributed by atoms with Gasteiger partial charge in [-0.25, -0.2) is 0 Å². The van der Waals surface area contributed by atoms with Gasteiger partial charge >= 0.3 is 0 Å². The van der Waals surface area contributed by atoms with Crippen LogP contribution in [-0.2, 0) is 6.42 Å². The van der Waals surface area contributed by atoms with E-state index in [9.17, 15) is 4.79 Å². The number of carbonyl (C=O) groups is 1. The smallest absolute Gasteiger partial charge is 0.278 e. The van der Waals surface area contributed by atoms with E-state index in [1.807, 2.05) is 25.1 Å². The fourth-order valence-electron chi connectivity index (χ4n) is 2.26. The number of hydrogen-bond donors (Lipinski definition) is 4. The highest BCUT2D eigenvalue weighted by molar-refractivity contribution is 6.10. The largest absolute Gasteiger partial charge is 0.395 e. The number of aromatic nitrogens is 4. The minimum Gasteiger partial charge on any atom is -0.395 e. The predicted octanol–water partition coefficient (Wildman–Crippen LogP) is 2.07. The highest BCUT2D eigenvalue weighted by atomic mass is 16.2. The third-order valence-electron chi connectivity index (χ3n) is 3.33. The van der Waals surface area contributed by atoms with Gasteiger partial charge in [-0.15, -0.1) is 0 Å². The number of amides is 1. The van der Waals surface area contributed by atoms with E-state index < -0.39 is 0 Å². The van der Waals surface area contributed by atoms with Crippen molar-refractivity contribution in [1.82, 2.24) is 20.4 Å². The number of nitrogen functional groups attached to an aromatic ring is 1. The minimum atomic E-state index is -0.334. The minimum absolute atomic E-state index is 0.221. The predicted molar refractivity (Wildman–Crippen MR) is 81.0 cm³/mol. The molecule has 0 unspecified atom stereocenters. The first kappa shape index (κ1) is 13.2. The van der Waals surface area contributed by atoms with Crippen molar-refractivity contribution in [1.29, 1.82) is 0 Å². The van der Waals surface area contributed by atoms with E-state index in [-0.39, 0.29) is 11.6 Å². The number of benzene rings is 1. The first-order valence-electron chi connectivity index (χ1n) is 6.77. The molecule has 1 aromatic carbocycles. The number of nitrogens with two attached hydrogens (primary N) is 1. The fourth-order valence-corrected chi connectivity index (χ4v) is 2.26. The van der Waals surface area contributed by atoms with Crippen molar-refractivity contribution in [3.8, 4) is 0 Å². The molecule has 2 aromatic heterocycles. The zero-order valence-electron chi connectivity index (χ0n) is 11.6. The Kier molecular flexibility index (Phi) is 3.31. The Morgan fingerprint density at radius 3 is 3.05 bits per heavy atom. The summed E-state index contributed by atoms with van der Waals surface area (Å²) in [6.45, 7) is 2.04. The van der Waals surface area contributed by atoms with E-state index in [1.165, 1.54) is 0 Å². The molecule has 0 aliphatic rings. The number of H-pyrrole nitrogens is 2. The lowest BCUT2D eigenvalue weighted by Crippen LogP contribution is -2.14. The summed E-state index contributed by atoms with van der Waals surface area (Å²) in [6.07, 6.45) is 3.37. The van der Waals surface area contributed by atoms with Gasteiger partial charge in [0, 0.05) is 5.39 Å². The standard InChI is InChI=1S/C14H16N6O/c1-2-4-11-12(15)13(20-19-11)14(21)17-9-5-3-6-10-8(9)7-16-18-10/h3,5-7H,2,4,15H2,1H3,(H,16,18)(H,17,21)(H,19,20). The topological polar surface area (TPSA) is 112 Å². The maximum absolute atomic E-state index is 12.3. The summed E-state index contributed by atoms with van der Waals surface area (Å²) in [5.41, 5.74) is 8.92. The molecule has 3 rings (SSSR count). The number of anilines is 2. The SMILES string of the molecule is CCCc1[nH]nc(C(=O)Nc2cccc3[nH]ncc23)c1N. The molecule has 21 heavy (non-hydrogen) atoms. The average molecular weight is 284 g/mol. The molecule has 0 spiro atoms. The second-order valence-electron chi connectivity index (χ2n) is 4.81. The molecule has 5 N–H and O–H groups in total. The molecule has 7 heteroatoms. The number of nitrogens with one attached hydrogen (secondary N) is 3. The molecule has 0 radical (unpaired) electrons. The van der Waals surface area contributed by atoms with E-state index in [4.69, 9.17) is 5.73 Å². The Labute approximate surface area is 120 Å². The van der Waals surface area contributed by atoms with Crippen LogP contribution in [0.5, 0.6) is 0 Å². The van der Waals surface area contributed by atoms with Crippen LogP contribution in [0.2, 0.25) is 0 Å². The van der Waals surface area contributed by atoms with E-state index in [2.05, 4.69) is 25.7 Å². The lowest BCUT2D eigenvalue weighted by atomic mass is 10.2. The monoisotopic (exact) mass is 284 g/mol. The zero-order valence-corrected chi connectivity index (χ0v) is 11.6. The first-order chi connectivity index (χ1) is 10.2. The number of aryl methyl sites for hydroxylation is 1.